The minimum atomic E-state index is 0.637. The zero-order valence-corrected chi connectivity index (χ0v) is 10.6. The third-order valence-electron chi connectivity index (χ3n) is 2.93. The smallest absolute Gasteiger partial charge is 0.160 e. The molecule has 3 aromatic rings. The van der Waals surface area contributed by atoms with Crippen molar-refractivity contribution < 1.29 is 0 Å². The van der Waals surface area contributed by atoms with E-state index in [1.165, 1.54) is 0 Å². The average molecular weight is 255 g/mol. The Morgan fingerprint density at radius 1 is 1.26 bits per heavy atom. The monoisotopic (exact) mass is 255 g/mol. The fraction of sp³-hybridized carbons (Fsp3) is 0.308. The molecule has 97 valence electrons. The summed E-state index contributed by atoms with van der Waals surface area (Å²) in [6.45, 7) is 5.32. The predicted octanol–water partition coefficient (Wildman–Crippen LogP) is 1.69. The van der Waals surface area contributed by atoms with Gasteiger partial charge in [0.05, 0.1) is 19.1 Å². The number of aromatic nitrogens is 6. The van der Waals surface area contributed by atoms with Crippen molar-refractivity contribution in [1.82, 2.24) is 29.5 Å². The second-order valence-corrected chi connectivity index (χ2v) is 4.40. The molecule has 3 heterocycles. The molecule has 19 heavy (non-hydrogen) atoms. The molecule has 0 bridgehead atoms. The lowest BCUT2D eigenvalue weighted by Gasteiger charge is -1.99. The highest BCUT2D eigenvalue weighted by Crippen LogP contribution is 2.10. The normalized spacial score (nSPS) is 11.2. The van der Waals surface area contributed by atoms with Crippen molar-refractivity contribution in [3.63, 3.8) is 0 Å². The molecule has 0 aliphatic carbocycles. The van der Waals surface area contributed by atoms with Crippen LogP contribution in [0.25, 0.3) is 11.2 Å². The van der Waals surface area contributed by atoms with Crippen molar-refractivity contribution in [3.8, 4) is 0 Å². The maximum Gasteiger partial charge on any atom is 0.160 e. The summed E-state index contributed by atoms with van der Waals surface area (Å²) in [6, 6.07) is 3.83. The molecule has 1 radical (unpaired) electrons. The van der Waals surface area contributed by atoms with Crippen molar-refractivity contribution in [2.45, 2.75) is 25.9 Å². The van der Waals surface area contributed by atoms with Crippen LogP contribution in [-0.4, -0.2) is 29.5 Å². The Morgan fingerprint density at radius 2 is 2.21 bits per heavy atom. The quantitative estimate of drug-likeness (QED) is 0.696. The predicted molar refractivity (Wildman–Crippen MR) is 71.2 cm³/mol. The Labute approximate surface area is 111 Å². The third kappa shape index (κ3) is 2.47. The standard InChI is InChI=1S/C13H15N6/c1-2-3-7-19-9-11(16-17-19)8-18-10-15-12-5-4-6-14-13(12)18/h4-6,9-10H,1-3,7-8H2. The summed E-state index contributed by atoms with van der Waals surface area (Å²) in [7, 11) is 0. The van der Waals surface area contributed by atoms with E-state index in [1.54, 1.807) is 12.5 Å². The number of hydrogen-bond donors (Lipinski definition) is 0. The lowest BCUT2D eigenvalue weighted by molar-refractivity contribution is 0.562. The zero-order chi connectivity index (χ0) is 13.1. The molecule has 0 spiro atoms. The average Bonchev–Trinajstić information content (AvgIpc) is 3.05. The van der Waals surface area contributed by atoms with Crippen LogP contribution < -0.4 is 0 Å². The zero-order valence-electron chi connectivity index (χ0n) is 10.6. The number of unbranched alkanes of at least 4 members (excludes halogenated alkanes) is 1. The van der Waals surface area contributed by atoms with Gasteiger partial charge >= 0.3 is 0 Å². The number of imidazole rings is 1. The van der Waals surface area contributed by atoms with Gasteiger partial charge in [0, 0.05) is 12.7 Å². The largest absolute Gasteiger partial charge is 0.309 e. The summed E-state index contributed by atoms with van der Waals surface area (Å²) in [6.07, 6.45) is 7.44. The third-order valence-corrected chi connectivity index (χ3v) is 2.93. The number of rotatable bonds is 5. The van der Waals surface area contributed by atoms with Gasteiger partial charge in [-0.05, 0) is 18.6 Å². The van der Waals surface area contributed by atoms with Gasteiger partial charge in [-0.2, -0.15) is 0 Å². The van der Waals surface area contributed by atoms with E-state index in [1.807, 2.05) is 27.6 Å². The molecule has 0 atom stereocenters. The molecule has 0 saturated heterocycles. The number of fused-ring (bicyclic) bond motifs is 1. The van der Waals surface area contributed by atoms with Crippen molar-refractivity contribution >= 4 is 11.2 Å². The first-order valence-electron chi connectivity index (χ1n) is 6.31. The van der Waals surface area contributed by atoms with E-state index in [4.69, 9.17) is 0 Å². The number of hydrogen-bond acceptors (Lipinski definition) is 4. The first-order valence-corrected chi connectivity index (χ1v) is 6.31. The van der Waals surface area contributed by atoms with Gasteiger partial charge in [-0.3, -0.25) is 4.68 Å². The lowest BCUT2D eigenvalue weighted by Crippen LogP contribution is -1.99. The Kier molecular flexibility index (Phi) is 3.22. The van der Waals surface area contributed by atoms with Crippen LogP contribution in [0.3, 0.4) is 0 Å². The van der Waals surface area contributed by atoms with Gasteiger partial charge in [0.2, 0.25) is 0 Å². The maximum atomic E-state index is 4.33. The molecular weight excluding hydrogens is 240 g/mol. The van der Waals surface area contributed by atoms with Crippen LogP contribution in [0.1, 0.15) is 18.5 Å². The fourth-order valence-corrected chi connectivity index (χ4v) is 1.98. The second-order valence-electron chi connectivity index (χ2n) is 4.40. The second kappa shape index (κ2) is 5.17. The van der Waals surface area contributed by atoms with E-state index in [0.29, 0.717) is 6.54 Å². The minimum absolute atomic E-state index is 0.637. The SMILES string of the molecule is [CH2]CCCn1cc(Cn2cnc3cccnc32)nn1. The van der Waals surface area contributed by atoms with Gasteiger partial charge in [-0.15, -0.1) is 5.10 Å². The lowest BCUT2D eigenvalue weighted by atomic mass is 10.3. The van der Waals surface area contributed by atoms with Crippen LogP contribution in [0, 0.1) is 6.92 Å². The summed E-state index contributed by atoms with van der Waals surface area (Å²) in [4.78, 5) is 8.64. The van der Waals surface area contributed by atoms with Crippen LogP contribution in [0.15, 0.2) is 30.9 Å². The number of aryl methyl sites for hydroxylation is 1. The first kappa shape index (κ1) is 11.8. The van der Waals surface area contributed by atoms with Crippen LogP contribution >= 0.6 is 0 Å². The van der Waals surface area contributed by atoms with E-state index in [0.717, 1.165) is 36.2 Å². The van der Waals surface area contributed by atoms with Gasteiger partial charge in [-0.25, -0.2) is 9.97 Å². The van der Waals surface area contributed by atoms with E-state index in [-0.39, 0.29) is 0 Å². The highest BCUT2D eigenvalue weighted by Gasteiger charge is 2.06. The first-order chi connectivity index (χ1) is 9.36. The number of nitrogens with zero attached hydrogens (tertiary/aromatic N) is 6. The van der Waals surface area contributed by atoms with Crippen molar-refractivity contribution in [1.29, 1.82) is 0 Å². The van der Waals surface area contributed by atoms with Gasteiger partial charge in [0.15, 0.2) is 5.65 Å². The van der Waals surface area contributed by atoms with Gasteiger partial charge in [0.25, 0.3) is 0 Å². The van der Waals surface area contributed by atoms with Crippen molar-refractivity contribution in [3.05, 3.63) is 43.5 Å². The number of pyridine rings is 1. The van der Waals surface area contributed by atoms with E-state index >= 15 is 0 Å². The summed E-state index contributed by atoms with van der Waals surface area (Å²) in [5, 5.41) is 8.27. The Morgan fingerprint density at radius 3 is 3.11 bits per heavy atom. The van der Waals surface area contributed by atoms with Crippen molar-refractivity contribution in [2.24, 2.45) is 0 Å². The van der Waals surface area contributed by atoms with E-state index in [9.17, 15) is 0 Å². The molecule has 0 fully saturated rings. The van der Waals surface area contributed by atoms with Crippen LogP contribution in [0.5, 0.6) is 0 Å². The topological polar surface area (TPSA) is 61.4 Å². The fourth-order valence-electron chi connectivity index (χ4n) is 1.98. The Bertz CT molecular complexity index is 668. The molecule has 3 aromatic heterocycles. The Balaban J connectivity index is 1.79. The molecular formula is C13H15N6. The molecule has 6 nitrogen and oxygen atoms in total. The van der Waals surface area contributed by atoms with Gasteiger partial charge < -0.3 is 4.57 Å². The summed E-state index contributed by atoms with van der Waals surface area (Å²) >= 11 is 0. The summed E-state index contributed by atoms with van der Waals surface area (Å²) in [5.74, 6) is 0. The van der Waals surface area contributed by atoms with E-state index < -0.39 is 0 Å². The molecule has 0 amide bonds. The molecule has 6 heteroatoms. The molecule has 0 unspecified atom stereocenters. The molecule has 0 saturated carbocycles. The van der Waals surface area contributed by atoms with Crippen LogP contribution in [0.4, 0.5) is 0 Å². The van der Waals surface area contributed by atoms with E-state index in [2.05, 4.69) is 27.2 Å². The van der Waals surface area contributed by atoms with Crippen LogP contribution in [-0.2, 0) is 13.1 Å². The van der Waals surface area contributed by atoms with Crippen molar-refractivity contribution in [2.75, 3.05) is 0 Å². The Hall–Kier alpha value is -2.24. The van der Waals surface area contributed by atoms with Gasteiger partial charge in [0.1, 0.15) is 11.2 Å². The highest BCUT2D eigenvalue weighted by atomic mass is 15.4. The minimum Gasteiger partial charge on any atom is -0.309 e. The molecule has 0 aliphatic rings. The van der Waals surface area contributed by atoms with Crippen LogP contribution in [0.2, 0.25) is 0 Å². The summed E-state index contributed by atoms with van der Waals surface area (Å²) in [5.41, 5.74) is 2.68. The molecule has 0 aliphatic heterocycles. The molecule has 0 N–H and O–H groups in total. The maximum absolute atomic E-state index is 4.33. The molecule has 0 aromatic carbocycles. The molecule has 3 rings (SSSR count). The van der Waals surface area contributed by atoms with Gasteiger partial charge in [-0.1, -0.05) is 18.6 Å². The highest BCUT2D eigenvalue weighted by molar-refractivity contribution is 5.70. The summed E-state index contributed by atoms with van der Waals surface area (Å²) < 4.78 is 3.83.